The van der Waals surface area contributed by atoms with E-state index >= 15 is 0 Å². The molecule has 0 atom stereocenters. The summed E-state index contributed by atoms with van der Waals surface area (Å²) in [6, 6.07) is 31.8. The second kappa shape index (κ2) is 6.68. The van der Waals surface area contributed by atoms with Crippen molar-refractivity contribution in [2.24, 2.45) is 0 Å². The molecule has 4 aromatic heterocycles. The van der Waals surface area contributed by atoms with Gasteiger partial charge in [0.2, 0.25) is 0 Å². The summed E-state index contributed by atoms with van der Waals surface area (Å²) < 4.78 is 3.43. The van der Waals surface area contributed by atoms with Gasteiger partial charge in [-0.15, -0.1) is 0 Å². The van der Waals surface area contributed by atoms with Crippen LogP contribution < -0.4 is 11.1 Å². The van der Waals surface area contributed by atoms with E-state index in [4.69, 9.17) is 9.97 Å². The van der Waals surface area contributed by atoms with Crippen molar-refractivity contribution < 1.29 is 0 Å². The Hall–Kier alpha value is -5.62. The first kappa shape index (κ1) is 20.4. The van der Waals surface area contributed by atoms with Crippen LogP contribution in [0.2, 0.25) is 0 Å². The Bertz CT molecular complexity index is 2670. The lowest BCUT2D eigenvalue weighted by Crippen LogP contribution is -2.16. The zero-order valence-corrected chi connectivity index (χ0v) is 20.8. The highest BCUT2D eigenvalue weighted by molar-refractivity contribution is 6.28. The fourth-order valence-corrected chi connectivity index (χ4v) is 6.86. The molecule has 0 fully saturated rings. The topological polar surface area (TPSA) is 68.7 Å². The van der Waals surface area contributed by atoms with Crippen molar-refractivity contribution in [3.63, 3.8) is 0 Å². The largest absolute Gasteiger partial charge is 0.268 e. The van der Waals surface area contributed by atoms with Crippen molar-refractivity contribution in [1.29, 1.82) is 0 Å². The number of pyridine rings is 2. The quantitative estimate of drug-likeness (QED) is 0.213. The summed E-state index contributed by atoms with van der Waals surface area (Å²) in [4.78, 5) is 38.2. The van der Waals surface area contributed by atoms with Gasteiger partial charge < -0.3 is 0 Å². The normalized spacial score (nSPS) is 12.7. The maximum Gasteiger partial charge on any atom is 0.264 e. The molecule has 0 bridgehead atoms. The van der Waals surface area contributed by atoms with Gasteiger partial charge in [0.05, 0.1) is 22.1 Å². The van der Waals surface area contributed by atoms with Crippen molar-refractivity contribution in [3.8, 4) is 0 Å². The van der Waals surface area contributed by atoms with Gasteiger partial charge in [0.1, 0.15) is 11.3 Å². The molecule has 0 spiro atoms. The Morgan fingerprint density at radius 2 is 0.850 bits per heavy atom. The third-order valence-electron chi connectivity index (χ3n) is 8.61. The minimum absolute atomic E-state index is 0.137. The number of aromatic nitrogens is 4. The zero-order chi connectivity index (χ0) is 26.3. The maximum atomic E-state index is 14.1. The Morgan fingerprint density at radius 3 is 1.32 bits per heavy atom. The van der Waals surface area contributed by atoms with Gasteiger partial charge in [-0.05, 0) is 47.2 Å². The van der Waals surface area contributed by atoms with Crippen LogP contribution in [0.5, 0.6) is 0 Å². The number of rotatable bonds is 0. The van der Waals surface area contributed by atoms with Gasteiger partial charge >= 0.3 is 0 Å². The molecule has 6 nitrogen and oxygen atoms in total. The van der Waals surface area contributed by atoms with Crippen LogP contribution >= 0.6 is 0 Å². The Kier molecular flexibility index (Phi) is 3.40. The summed E-state index contributed by atoms with van der Waals surface area (Å²) in [5, 5.41) is 8.52. The third-order valence-corrected chi connectivity index (χ3v) is 8.61. The van der Waals surface area contributed by atoms with E-state index in [-0.39, 0.29) is 11.1 Å². The lowest BCUT2D eigenvalue weighted by atomic mass is 9.96. The number of imidazole rings is 2. The van der Waals surface area contributed by atoms with E-state index in [1.807, 2.05) is 72.8 Å². The first-order chi connectivity index (χ1) is 19.7. The molecular weight excluding hydrogens is 496 g/mol. The summed E-state index contributed by atoms with van der Waals surface area (Å²) in [6.45, 7) is 0. The highest BCUT2D eigenvalue weighted by atomic mass is 16.1. The van der Waals surface area contributed by atoms with Crippen molar-refractivity contribution in [3.05, 3.63) is 118 Å². The molecule has 6 heteroatoms. The Labute approximate surface area is 223 Å². The van der Waals surface area contributed by atoms with Crippen LogP contribution in [0, 0.1) is 0 Å². The zero-order valence-electron chi connectivity index (χ0n) is 20.8. The van der Waals surface area contributed by atoms with Crippen LogP contribution in [0.3, 0.4) is 0 Å². The third kappa shape index (κ3) is 2.20. The van der Waals surface area contributed by atoms with Crippen molar-refractivity contribution in [2.75, 3.05) is 0 Å². The summed E-state index contributed by atoms with van der Waals surface area (Å²) in [5.41, 5.74) is 4.08. The summed E-state index contributed by atoms with van der Waals surface area (Å²) in [6.07, 6.45) is 0. The van der Waals surface area contributed by atoms with Crippen LogP contribution in [0.15, 0.2) is 107 Å². The number of nitrogens with zero attached hydrogens (tertiary/aromatic N) is 4. The lowest BCUT2D eigenvalue weighted by molar-refractivity contribution is 1.18. The van der Waals surface area contributed by atoms with Gasteiger partial charge in [-0.25, -0.2) is 9.97 Å². The summed E-state index contributed by atoms with van der Waals surface area (Å²) in [7, 11) is 0. The van der Waals surface area contributed by atoms with Gasteiger partial charge in [-0.1, -0.05) is 60.7 Å². The standard InChI is InChI=1S/C34H16N4O2/c39-33-23-13-14-24-28-22(32-36-30-20-8-4-2-6-18(20)10-16-26(30)38(32)34(24)40)12-11-21(27(23)28)31-35-29-19-7-3-1-5-17(19)9-15-25(29)37(31)33/h1-16H. The van der Waals surface area contributed by atoms with E-state index in [9.17, 15) is 9.59 Å². The molecule has 0 aliphatic rings. The molecule has 0 aliphatic carbocycles. The number of hydrogen-bond donors (Lipinski definition) is 0. The summed E-state index contributed by atoms with van der Waals surface area (Å²) in [5.74, 6) is 0. The second-order valence-corrected chi connectivity index (χ2v) is 10.5. The smallest absolute Gasteiger partial charge is 0.264 e. The van der Waals surface area contributed by atoms with E-state index in [2.05, 4.69) is 12.1 Å². The van der Waals surface area contributed by atoms with Crippen LogP contribution in [-0.2, 0) is 0 Å². The number of hydrogen-bond acceptors (Lipinski definition) is 4. The molecule has 0 unspecified atom stereocenters. The highest BCUT2D eigenvalue weighted by Crippen LogP contribution is 2.38. The molecule has 0 aliphatic heterocycles. The molecule has 4 heterocycles. The van der Waals surface area contributed by atoms with E-state index in [1.165, 1.54) is 0 Å². The van der Waals surface area contributed by atoms with Crippen LogP contribution in [0.25, 0.3) is 87.2 Å². The molecule has 0 radical (unpaired) electrons. The minimum atomic E-state index is -0.137. The lowest BCUT2D eigenvalue weighted by Gasteiger charge is -2.12. The Balaban J connectivity index is 1.46. The first-order valence-electron chi connectivity index (χ1n) is 13.2. The molecule has 10 rings (SSSR count). The summed E-state index contributed by atoms with van der Waals surface area (Å²) >= 11 is 0. The Morgan fingerprint density at radius 1 is 0.425 bits per heavy atom. The molecule has 184 valence electrons. The predicted molar refractivity (Wildman–Crippen MR) is 161 cm³/mol. The first-order valence-corrected chi connectivity index (χ1v) is 13.2. The van der Waals surface area contributed by atoms with Crippen molar-refractivity contribution >= 4 is 87.2 Å². The SMILES string of the molecule is O=c1c2ccc3c(=O)n4c5ccc6ccccc6c5nc4c4ccc(c2c34)c2nc3c4ccccc4ccc3n12. The monoisotopic (exact) mass is 512 g/mol. The molecule has 40 heavy (non-hydrogen) atoms. The highest BCUT2D eigenvalue weighted by Gasteiger charge is 2.23. The second-order valence-electron chi connectivity index (χ2n) is 10.5. The minimum Gasteiger partial charge on any atom is -0.268 e. The van der Waals surface area contributed by atoms with Crippen LogP contribution in [0.4, 0.5) is 0 Å². The molecule has 0 saturated carbocycles. The van der Waals surface area contributed by atoms with E-state index in [0.29, 0.717) is 22.1 Å². The van der Waals surface area contributed by atoms with E-state index in [1.54, 1.807) is 20.9 Å². The molecule has 0 saturated heterocycles. The van der Waals surface area contributed by atoms with Gasteiger partial charge in [-0.3, -0.25) is 18.4 Å². The molecule has 0 amide bonds. The van der Waals surface area contributed by atoms with Crippen LogP contribution in [0.1, 0.15) is 0 Å². The average Bonchev–Trinajstić information content (AvgIpc) is 3.59. The van der Waals surface area contributed by atoms with Gasteiger partial charge in [-0.2, -0.15) is 0 Å². The fourth-order valence-electron chi connectivity index (χ4n) is 6.86. The molecule has 6 aromatic carbocycles. The fraction of sp³-hybridized carbons (Fsp3) is 0. The van der Waals surface area contributed by atoms with Crippen molar-refractivity contribution in [1.82, 2.24) is 18.8 Å². The van der Waals surface area contributed by atoms with Gasteiger partial charge in [0.25, 0.3) is 11.1 Å². The average molecular weight is 513 g/mol. The molecule has 0 N–H and O–H groups in total. The molecular formula is C34H16N4O2. The number of fused-ring (bicyclic) bond motifs is 12. The van der Waals surface area contributed by atoms with Crippen LogP contribution in [-0.4, -0.2) is 18.8 Å². The predicted octanol–water partition coefficient (Wildman–Crippen LogP) is 6.65. The number of benzene rings is 6. The maximum absolute atomic E-state index is 14.1. The van der Waals surface area contributed by atoms with Gasteiger partial charge in [0, 0.05) is 43.1 Å². The molecule has 10 aromatic rings. The van der Waals surface area contributed by atoms with Gasteiger partial charge in [0.15, 0.2) is 0 Å². The van der Waals surface area contributed by atoms with E-state index < -0.39 is 0 Å². The van der Waals surface area contributed by atoms with E-state index in [0.717, 1.165) is 65.2 Å². The van der Waals surface area contributed by atoms with Crippen molar-refractivity contribution in [2.45, 2.75) is 0 Å².